The van der Waals surface area contributed by atoms with Gasteiger partial charge in [-0.05, 0) is 23.1 Å². The maximum Gasteiger partial charge on any atom is 0.264 e. The quantitative estimate of drug-likeness (QED) is 0.729. The highest BCUT2D eigenvalue weighted by atomic mass is 16.5. The van der Waals surface area contributed by atoms with Gasteiger partial charge in [-0.25, -0.2) is 0 Å². The standard InChI is InChI=1S/C19H21N3O2/c1-19(2,3)14-9-7-13(8-10-14)18-21-17(24-22-18)12-23-16-6-4-5-15(20)11-16/h4-11H,12,20H2,1-3H3. The van der Waals surface area contributed by atoms with Gasteiger partial charge >= 0.3 is 0 Å². The van der Waals surface area contributed by atoms with Crippen molar-refractivity contribution >= 4 is 5.69 Å². The number of hydrogen-bond donors (Lipinski definition) is 1. The number of anilines is 1. The summed E-state index contributed by atoms with van der Waals surface area (Å²) in [6, 6.07) is 15.4. The van der Waals surface area contributed by atoms with Gasteiger partial charge in [0.2, 0.25) is 5.82 Å². The monoisotopic (exact) mass is 323 g/mol. The molecule has 2 N–H and O–H groups in total. The molecule has 0 radical (unpaired) electrons. The third kappa shape index (κ3) is 3.74. The maximum atomic E-state index is 5.72. The SMILES string of the molecule is CC(C)(C)c1ccc(-c2noc(COc3cccc(N)c3)n2)cc1. The van der Waals surface area contributed by atoms with Gasteiger partial charge in [0.15, 0.2) is 6.61 Å². The molecule has 0 unspecified atom stereocenters. The number of benzene rings is 2. The lowest BCUT2D eigenvalue weighted by atomic mass is 9.87. The van der Waals surface area contributed by atoms with E-state index in [1.807, 2.05) is 24.3 Å². The first-order valence-electron chi connectivity index (χ1n) is 7.84. The molecular formula is C19H21N3O2. The summed E-state index contributed by atoms with van der Waals surface area (Å²) in [6.45, 7) is 6.75. The van der Waals surface area contributed by atoms with E-state index >= 15 is 0 Å². The zero-order chi connectivity index (χ0) is 17.2. The Morgan fingerprint density at radius 2 is 1.83 bits per heavy atom. The molecule has 0 amide bonds. The predicted octanol–water partition coefficient (Wildman–Crippen LogP) is 4.20. The molecule has 3 aromatic rings. The smallest absolute Gasteiger partial charge is 0.264 e. The summed E-state index contributed by atoms with van der Waals surface area (Å²) in [5.41, 5.74) is 8.67. The Hall–Kier alpha value is -2.82. The van der Waals surface area contributed by atoms with Crippen LogP contribution in [0.3, 0.4) is 0 Å². The molecule has 0 aliphatic heterocycles. The molecule has 124 valence electrons. The molecule has 0 saturated carbocycles. The second-order valence-corrected chi connectivity index (χ2v) is 6.70. The largest absolute Gasteiger partial charge is 0.484 e. The first kappa shape index (κ1) is 16.1. The van der Waals surface area contributed by atoms with Crippen LogP contribution in [0.25, 0.3) is 11.4 Å². The van der Waals surface area contributed by atoms with Crippen LogP contribution < -0.4 is 10.5 Å². The minimum atomic E-state index is 0.117. The molecule has 0 saturated heterocycles. The minimum absolute atomic E-state index is 0.117. The Labute approximate surface area is 141 Å². The maximum absolute atomic E-state index is 5.72. The molecule has 0 aliphatic carbocycles. The number of nitrogen functional groups attached to an aromatic ring is 1. The van der Waals surface area contributed by atoms with Crippen molar-refractivity contribution in [3.8, 4) is 17.1 Å². The van der Waals surface area contributed by atoms with E-state index in [1.54, 1.807) is 12.1 Å². The summed E-state index contributed by atoms with van der Waals surface area (Å²) >= 11 is 0. The van der Waals surface area contributed by atoms with Crippen molar-refractivity contribution < 1.29 is 9.26 Å². The summed E-state index contributed by atoms with van der Waals surface area (Å²) in [7, 11) is 0. The van der Waals surface area contributed by atoms with Gasteiger partial charge in [-0.3, -0.25) is 0 Å². The average molecular weight is 323 g/mol. The first-order valence-corrected chi connectivity index (χ1v) is 7.84. The Morgan fingerprint density at radius 3 is 2.50 bits per heavy atom. The zero-order valence-corrected chi connectivity index (χ0v) is 14.1. The fourth-order valence-corrected chi connectivity index (χ4v) is 2.30. The molecular weight excluding hydrogens is 302 g/mol. The lowest BCUT2D eigenvalue weighted by Gasteiger charge is -2.18. The van der Waals surface area contributed by atoms with Crippen molar-refractivity contribution in [2.24, 2.45) is 0 Å². The van der Waals surface area contributed by atoms with E-state index in [9.17, 15) is 0 Å². The molecule has 0 bridgehead atoms. The van der Waals surface area contributed by atoms with E-state index in [2.05, 4.69) is 43.0 Å². The third-order valence-electron chi connectivity index (χ3n) is 3.70. The summed E-state index contributed by atoms with van der Waals surface area (Å²) in [5, 5.41) is 4.02. The molecule has 2 aromatic carbocycles. The van der Waals surface area contributed by atoms with Crippen LogP contribution in [0.1, 0.15) is 32.2 Å². The van der Waals surface area contributed by atoms with Crippen LogP contribution in [-0.4, -0.2) is 10.1 Å². The summed E-state index contributed by atoms with van der Waals surface area (Å²) in [5.74, 6) is 1.65. The number of hydrogen-bond acceptors (Lipinski definition) is 5. The van der Waals surface area contributed by atoms with Gasteiger partial charge < -0.3 is 15.0 Å². The number of rotatable bonds is 4. The van der Waals surface area contributed by atoms with E-state index < -0.39 is 0 Å². The van der Waals surface area contributed by atoms with Gasteiger partial charge in [0.25, 0.3) is 5.89 Å². The fourth-order valence-electron chi connectivity index (χ4n) is 2.30. The highest BCUT2D eigenvalue weighted by Crippen LogP contribution is 2.25. The van der Waals surface area contributed by atoms with Crippen LogP contribution in [0.15, 0.2) is 53.1 Å². The van der Waals surface area contributed by atoms with Gasteiger partial charge in [-0.15, -0.1) is 0 Å². The summed E-state index contributed by atoms with van der Waals surface area (Å²) in [4.78, 5) is 4.38. The van der Waals surface area contributed by atoms with E-state index in [0.717, 1.165) is 5.56 Å². The second kappa shape index (κ2) is 6.35. The van der Waals surface area contributed by atoms with Crippen molar-refractivity contribution in [3.63, 3.8) is 0 Å². The van der Waals surface area contributed by atoms with Gasteiger partial charge in [0, 0.05) is 17.3 Å². The molecule has 0 fully saturated rings. The second-order valence-electron chi connectivity index (χ2n) is 6.70. The van der Waals surface area contributed by atoms with E-state index in [4.69, 9.17) is 15.0 Å². The Morgan fingerprint density at radius 1 is 1.08 bits per heavy atom. The molecule has 0 spiro atoms. The molecule has 0 aliphatic rings. The van der Waals surface area contributed by atoms with E-state index in [1.165, 1.54) is 5.56 Å². The topological polar surface area (TPSA) is 74.2 Å². The Bertz CT molecular complexity index is 817. The number of aromatic nitrogens is 2. The number of nitrogens with two attached hydrogens (primary N) is 1. The highest BCUT2D eigenvalue weighted by Gasteiger charge is 2.14. The molecule has 3 rings (SSSR count). The third-order valence-corrected chi connectivity index (χ3v) is 3.70. The summed E-state index contributed by atoms with van der Waals surface area (Å²) < 4.78 is 10.9. The predicted molar refractivity (Wildman–Crippen MR) is 93.6 cm³/mol. The van der Waals surface area contributed by atoms with Crippen molar-refractivity contribution in [3.05, 3.63) is 60.0 Å². The Kier molecular flexibility index (Phi) is 4.25. The molecule has 5 nitrogen and oxygen atoms in total. The lowest BCUT2D eigenvalue weighted by molar-refractivity contribution is 0.243. The molecule has 24 heavy (non-hydrogen) atoms. The van der Waals surface area contributed by atoms with E-state index in [0.29, 0.717) is 23.2 Å². The van der Waals surface area contributed by atoms with Gasteiger partial charge in [0.1, 0.15) is 5.75 Å². The normalized spacial score (nSPS) is 11.5. The van der Waals surface area contributed by atoms with Crippen LogP contribution in [0.4, 0.5) is 5.69 Å². The van der Waals surface area contributed by atoms with Crippen LogP contribution >= 0.6 is 0 Å². The molecule has 1 aromatic heterocycles. The Balaban J connectivity index is 1.69. The highest BCUT2D eigenvalue weighted by molar-refractivity contribution is 5.55. The molecule has 0 atom stereocenters. The van der Waals surface area contributed by atoms with Crippen LogP contribution in [0.2, 0.25) is 0 Å². The summed E-state index contributed by atoms with van der Waals surface area (Å²) in [6.07, 6.45) is 0. The molecule has 1 heterocycles. The minimum Gasteiger partial charge on any atom is -0.484 e. The van der Waals surface area contributed by atoms with Gasteiger partial charge in [0.05, 0.1) is 0 Å². The van der Waals surface area contributed by atoms with Crippen LogP contribution in [-0.2, 0) is 12.0 Å². The number of nitrogens with zero attached hydrogens (tertiary/aromatic N) is 2. The molecule has 5 heteroatoms. The van der Waals surface area contributed by atoms with Crippen LogP contribution in [0, 0.1) is 0 Å². The fraction of sp³-hybridized carbons (Fsp3) is 0.263. The van der Waals surface area contributed by atoms with Gasteiger partial charge in [-0.2, -0.15) is 4.98 Å². The average Bonchev–Trinajstić information content (AvgIpc) is 3.01. The van der Waals surface area contributed by atoms with Crippen LogP contribution in [0.5, 0.6) is 5.75 Å². The van der Waals surface area contributed by atoms with Crippen molar-refractivity contribution in [2.45, 2.75) is 32.8 Å². The number of ether oxygens (including phenoxy) is 1. The van der Waals surface area contributed by atoms with Crippen molar-refractivity contribution in [1.29, 1.82) is 0 Å². The lowest BCUT2D eigenvalue weighted by Crippen LogP contribution is -2.10. The van der Waals surface area contributed by atoms with E-state index in [-0.39, 0.29) is 12.0 Å². The van der Waals surface area contributed by atoms with Crippen molar-refractivity contribution in [1.82, 2.24) is 10.1 Å². The van der Waals surface area contributed by atoms with Gasteiger partial charge in [-0.1, -0.05) is 56.3 Å². The zero-order valence-electron chi connectivity index (χ0n) is 14.1. The van der Waals surface area contributed by atoms with Crippen molar-refractivity contribution in [2.75, 3.05) is 5.73 Å². The first-order chi connectivity index (χ1) is 11.4.